The van der Waals surface area contributed by atoms with Crippen molar-refractivity contribution in [2.24, 2.45) is 0 Å². The molecule has 0 atom stereocenters. The van der Waals surface area contributed by atoms with Crippen LogP contribution in [0.3, 0.4) is 0 Å². The van der Waals surface area contributed by atoms with E-state index < -0.39 is 17.0 Å². The fourth-order valence-electron chi connectivity index (χ4n) is 2.93. The fourth-order valence-corrected chi connectivity index (χ4v) is 3.58. The monoisotopic (exact) mass is 406 g/mol. The molecule has 29 heavy (non-hydrogen) atoms. The molecule has 0 bridgehead atoms. The number of carbonyl (C=O) groups is 1. The Morgan fingerprint density at radius 1 is 1.17 bits per heavy atom. The molecule has 0 spiro atoms. The van der Waals surface area contributed by atoms with E-state index in [1.54, 1.807) is 19.1 Å². The van der Waals surface area contributed by atoms with Crippen LogP contribution in [0.5, 0.6) is 0 Å². The van der Waals surface area contributed by atoms with Gasteiger partial charge in [-0.3, -0.25) is 18.7 Å². The minimum Gasteiger partial charge on any atom is -0.384 e. The van der Waals surface area contributed by atoms with Crippen LogP contribution in [0.1, 0.15) is 27.7 Å². The van der Waals surface area contributed by atoms with Crippen LogP contribution < -0.4 is 17.0 Å². The number of nitrogens with zero attached hydrogens (tertiary/aromatic N) is 3. The van der Waals surface area contributed by atoms with E-state index in [2.05, 4.69) is 0 Å². The van der Waals surface area contributed by atoms with Crippen LogP contribution in [0.25, 0.3) is 6.08 Å². The molecule has 1 aromatic carbocycles. The maximum Gasteiger partial charge on any atom is 0.332 e. The number of thiophene rings is 1. The lowest BCUT2D eigenvalue weighted by Gasteiger charge is -2.15. The fraction of sp³-hybridized carbons (Fsp3) is 0.143. The SMILES string of the molecule is CCn1c(=O)c(C(=O)/C(C#N)=C/c2cccs2)c(N)n(Cc2ccccc2)c1=O. The molecule has 0 aliphatic rings. The van der Waals surface area contributed by atoms with E-state index in [-0.39, 0.29) is 30.0 Å². The highest BCUT2D eigenvalue weighted by Gasteiger charge is 2.25. The number of nitrogens with two attached hydrogens (primary N) is 1. The summed E-state index contributed by atoms with van der Waals surface area (Å²) in [6.45, 7) is 1.80. The van der Waals surface area contributed by atoms with Gasteiger partial charge in [-0.15, -0.1) is 11.3 Å². The number of benzene rings is 1. The Kier molecular flexibility index (Phi) is 5.90. The molecule has 7 nitrogen and oxygen atoms in total. The summed E-state index contributed by atoms with van der Waals surface area (Å²) in [7, 11) is 0. The second-order valence-electron chi connectivity index (χ2n) is 6.18. The summed E-state index contributed by atoms with van der Waals surface area (Å²) in [6.07, 6.45) is 1.41. The molecular formula is C21H18N4O3S. The smallest absolute Gasteiger partial charge is 0.332 e. The molecule has 2 N–H and O–H groups in total. The summed E-state index contributed by atoms with van der Waals surface area (Å²) in [4.78, 5) is 39.3. The van der Waals surface area contributed by atoms with Gasteiger partial charge in [-0.1, -0.05) is 36.4 Å². The van der Waals surface area contributed by atoms with Crippen LogP contribution in [0.2, 0.25) is 0 Å². The average molecular weight is 406 g/mol. The van der Waals surface area contributed by atoms with Crippen LogP contribution in [0.4, 0.5) is 5.82 Å². The van der Waals surface area contributed by atoms with E-state index in [1.807, 2.05) is 41.8 Å². The Hall–Kier alpha value is -3.70. The van der Waals surface area contributed by atoms with Gasteiger partial charge in [0.25, 0.3) is 5.56 Å². The number of anilines is 1. The molecule has 8 heteroatoms. The highest BCUT2D eigenvalue weighted by atomic mass is 32.1. The van der Waals surface area contributed by atoms with Crippen LogP contribution in [0.15, 0.2) is 63.0 Å². The van der Waals surface area contributed by atoms with Crippen molar-refractivity contribution in [3.05, 3.63) is 90.3 Å². The molecule has 2 aromatic heterocycles. The summed E-state index contributed by atoms with van der Waals surface area (Å²) < 4.78 is 2.14. The van der Waals surface area contributed by atoms with Gasteiger partial charge in [0.15, 0.2) is 0 Å². The van der Waals surface area contributed by atoms with Gasteiger partial charge in [0.2, 0.25) is 5.78 Å². The molecule has 0 amide bonds. The topological polar surface area (TPSA) is 111 Å². The van der Waals surface area contributed by atoms with Crippen molar-refractivity contribution in [3.8, 4) is 6.07 Å². The summed E-state index contributed by atoms with van der Waals surface area (Å²) in [5.74, 6) is -1.04. The first-order chi connectivity index (χ1) is 14.0. The van der Waals surface area contributed by atoms with Crippen molar-refractivity contribution in [1.82, 2.24) is 9.13 Å². The molecule has 0 aliphatic carbocycles. The highest BCUT2D eigenvalue weighted by molar-refractivity contribution is 7.10. The number of nitrogen functional groups attached to an aromatic ring is 1. The van der Waals surface area contributed by atoms with Gasteiger partial charge in [-0.05, 0) is 30.0 Å². The molecule has 0 radical (unpaired) electrons. The maximum absolute atomic E-state index is 13.0. The van der Waals surface area contributed by atoms with E-state index in [4.69, 9.17) is 5.73 Å². The van der Waals surface area contributed by atoms with Crippen molar-refractivity contribution in [2.45, 2.75) is 20.0 Å². The van der Waals surface area contributed by atoms with E-state index in [1.165, 1.54) is 22.0 Å². The zero-order valence-corrected chi connectivity index (χ0v) is 16.5. The highest BCUT2D eigenvalue weighted by Crippen LogP contribution is 2.18. The quantitative estimate of drug-likeness (QED) is 0.384. The maximum atomic E-state index is 13.0. The van der Waals surface area contributed by atoms with Crippen LogP contribution in [-0.4, -0.2) is 14.9 Å². The minimum absolute atomic E-state index is 0.0730. The van der Waals surface area contributed by atoms with Gasteiger partial charge in [0.1, 0.15) is 23.0 Å². The van der Waals surface area contributed by atoms with Gasteiger partial charge >= 0.3 is 5.69 Å². The number of Topliss-reactive ketones (excluding diaryl/α,β-unsaturated/α-hetero) is 1. The Bertz CT molecular complexity index is 1230. The largest absolute Gasteiger partial charge is 0.384 e. The lowest BCUT2D eigenvalue weighted by Crippen LogP contribution is -2.44. The van der Waals surface area contributed by atoms with E-state index >= 15 is 0 Å². The van der Waals surface area contributed by atoms with Crippen LogP contribution >= 0.6 is 11.3 Å². The average Bonchev–Trinajstić information content (AvgIpc) is 3.23. The van der Waals surface area contributed by atoms with Crippen molar-refractivity contribution in [2.75, 3.05) is 5.73 Å². The number of aromatic nitrogens is 2. The van der Waals surface area contributed by atoms with Crippen LogP contribution in [0, 0.1) is 11.3 Å². The summed E-state index contributed by atoms with van der Waals surface area (Å²) in [6, 6.07) is 14.5. The van der Waals surface area contributed by atoms with Gasteiger partial charge in [-0.2, -0.15) is 5.26 Å². The summed E-state index contributed by atoms with van der Waals surface area (Å²) in [5, 5.41) is 11.3. The second kappa shape index (κ2) is 8.54. The van der Waals surface area contributed by atoms with Crippen LogP contribution in [-0.2, 0) is 13.1 Å². The van der Waals surface area contributed by atoms with Gasteiger partial charge in [-0.25, -0.2) is 4.79 Å². The molecule has 146 valence electrons. The number of hydrogen-bond acceptors (Lipinski definition) is 6. The molecule has 2 heterocycles. The van der Waals surface area contributed by atoms with Crippen molar-refractivity contribution >= 4 is 29.0 Å². The Morgan fingerprint density at radius 2 is 1.90 bits per heavy atom. The molecule has 0 aliphatic heterocycles. The minimum atomic E-state index is -0.799. The molecule has 0 fully saturated rings. The second-order valence-corrected chi connectivity index (χ2v) is 7.16. The zero-order chi connectivity index (χ0) is 21.0. The van der Waals surface area contributed by atoms with Crippen molar-refractivity contribution in [3.63, 3.8) is 0 Å². The number of nitriles is 1. The Balaban J connectivity index is 2.19. The van der Waals surface area contributed by atoms with Gasteiger partial charge < -0.3 is 5.73 Å². The number of allylic oxidation sites excluding steroid dienone is 1. The number of hydrogen-bond donors (Lipinski definition) is 1. The van der Waals surface area contributed by atoms with E-state index in [0.29, 0.717) is 4.88 Å². The molecule has 3 aromatic rings. The molecular weight excluding hydrogens is 388 g/mol. The number of carbonyl (C=O) groups excluding carboxylic acids is 1. The van der Waals surface area contributed by atoms with Gasteiger partial charge in [0.05, 0.1) is 6.54 Å². The normalized spacial score (nSPS) is 11.2. The third kappa shape index (κ3) is 3.95. The summed E-state index contributed by atoms with van der Waals surface area (Å²) in [5.41, 5.74) is 4.92. The lowest BCUT2D eigenvalue weighted by atomic mass is 10.0. The zero-order valence-electron chi connectivity index (χ0n) is 15.7. The standard InChI is InChI=1S/C21H18N4O3S/c1-2-24-20(27)17(18(26)15(12-22)11-16-9-6-10-29-16)19(23)25(21(24)28)13-14-7-4-3-5-8-14/h3-11H,2,13,23H2,1H3/b15-11+. The van der Waals surface area contributed by atoms with Crippen molar-refractivity contribution < 1.29 is 4.79 Å². The lowest BCUT2D eigenvalue weighted by molar-refractivity contribution is 0.103. The summed E-state index contributed by atoms with van der Waals surface area (Å²) >= 11 is 1.35. The first-order valence-corrected chi connectivity index (χ1v) is 9.73. The Labute approximate surface area is 170 Å². The number of rotatable bonds is 6. The van der Waals surface area contributed by atoms with Gasteiger partial charge in [0, 0.05) is 11.4 Å². The number of ketones is 1. The molecule has 0 unspecified atom stereocenters. The molecule has 0 saturated heterocycles. The molecule has 0 saturated carbocycles. The predicted molar refractivity (Wildman–Crippen MR) is 113 cm³/mol. The Morgan fingerprint density at radius 3 is 2.48 bits per heavy atom. The first kappa shape index (κ1) is 20.0. The van der Waals surface area contributed by atoms with Crippen molar-refractivity contribution in [1.29, 1.82) is 5.26 Å². The molecule has 3 rings (SSSR count). The third-order valence-corrected chi connectivity index (χ3v) is 5.21. The van der Waals surface area contributed by atoms with E-state index in [0.717, 1.165) is 10.1 Å². The first-order valence-electron chi connectivity index (χ1n) is 8.85. The third-order valence-electron chi connectivity index (χ3n) is 4.39. The predicted octanol–water partition coefficient (Wildman–Crippen LogP) is 2.51. The van der Waals surface area contributed by atoms with E-state index in [9.17, 15) is 19.6 Å².